The summed E-state index contributed by atoms with van der Waals surface area (Å²) in [5.74, 6) is 0.631. The van der Waals surface area contributed by atoms with Crippen LogP contribution in [0.25, 0.3) is 0 Å². The Morgan fingerprint density at radius 2 is 1.56 bits per heavy atom. The maximum atomic E-state index is 4.13. The normalized spacial score (nSPS) is 10.1. The molecule has 0 bridgehead atoms. The second-order valence-electron chi connectivity index (χ2n) is 3.20. The molecule has 0 saturated carbocycles. The van der Waals surface area contributed by atoms with Gasteiger partial charge in [-0.25, -0.2) is 9.97 Å². The SMILES string of the molecule is Brc1ccc(CNc2ncc(Br)cn2)cc1. The Bertz CT molecular complexity index is 408. The lowest BCUT2D eigenvalue weighted by Gasteiger charge is -2.04. The number of nitrogens with zero attached hydrogens (tertiary/aromatic N) is 2. The van der Waals surface area contributed by atoms with Crippen molar-refractivity contribution in [2.45, 2.75) is 6.54 Å². The zero-order valence-corrected chi connectivity index (χ0v) is 11.5. The highest BCUT2D eigenvalue weighted by Gasteiger charge is 1.96. The minimum Gasteiger partial charge on any atom is -0.350 e. The topological polar surface area (TPSA) is 37.8 Å². The van der Waals surface area contributed by atoms with Crippen molar-refractivity contribution in [2.75, 3.05) is 5.32 Å². The zero-order chi connectivity index (χ0) is 11.4. The Hall–Kier alpha value is -0.940. The number of benzene rings is 1. The molecule has 0 unspecified atom stereocenters. The molecule has 0 atom stereocenters. The van der Waals surface area contributed by atoms with Gasteiger partial charge >= 0.3 is 0 Å². The van der Waals surface area contributed by atoms with Crippen LogP contribution < -0.4 is 5.32 Å². The van der Waals surface area contributed by atoms with Crippen molar-refractivity contribution in [1.82, 2.24) is 9.97 Å². The molecular formula is C11H9Br2N3. The van der Waals surface area contributed by atoms with E-state index in [1.54, 1.807) is 12.4 Å². The first kappa shape index (κ1) is 11.5. The highest BCUT2D eigenvalue weighted by Crippen LogP contribution is 2.12. The van der Waals surface area contributed by atoms with Gasteiger partial charge in [-0.15, -0.1) is 0 Å². The molecule has 0 saturated heterocycles. The summed E-state index contributed by atoms with van der Waals surface area (Å²) in [5.41, 5.74) is 1.19. The van der Waals surface area contributed by atoms with E-state index in [-0.39, 0.29) is 0 Å². The molecule has 0 fully saturated rings. The molecule has 1 aromatic carbocycles. The fraction of sp³-hybridized carbons (Fsp3) is 0.0909. The van der Waals surface area contributed by atoms with Crippen LogP contribution in [0.15, 0.2) is 45.6 Å². The van der Waals surface area contributed by atoms with Crippen molar-refractivity contribution in [1.29, 1.82) is 0 Å². The molecule has 0 aliphatic heterocycles. The average molecular weight is 343 g/mol. The van der Waals surface area contributed by atoms with Gasteiger partial charge in [0.15, 0.2) is 0 Å². The summed E-state index contributed by atoms with van der Waals surface area (Å²) >= 11 is 6.69. The van der Waals surface area contributed by atoms with Gasteiger partial charge in [-0.05, 0) is 33.6 Å². The zero-order valence-electron chi connectivity index (χ0n) is 8.32. The lowest BCUT2D eigenvalue weighted by molar-refractivity contribution is 1.05. The molecule has 0 aliphatic carbocycles. The lowest BCUT2D eigenvalue weighted by Crippen LogP contribution is -2.02. The molecule has 1 N–H and O–H groups in total. The van der Waals surface area contributed by atoms with Crippen LogP contribution in [0.3, 0.4) is 0 Å². The second-order valence-corrected chi connectivity index (χ2v) is 5.04. The van der Waals surface area contributed by atoms with Crippen LogP contribution in [0.1, 0.15) is 5.56 Å². The monoisotopic (exact) mass is 341 g/mol. The van der Waals surface area contributed by atoms with Gasteiger partial charge < -0.3 is 5.32 Å². The smallest absolute Gasteiger partial charge is 0.222 e. The summed E-state index contributed by atoms with van der Waals surface area (Å²) < 4.78 is 1.96. The molecule has 5 heteroatoms. The third kappa shape index (κ3) is 3.28. The number of hydrogen-bond acceptors (Lipinski definition) is 3. The Morgan fingerprint density at radius 3 is 2.19 bits per heavy atom. The van der Waals surface area contributed by atoms with Gasteiger partial charge in [0.2, 0.25) is 5.95 Å². The van der Waals surface area contributed by atoms with Gasteiger partial charge in [0.1, 0.15) is 0 Å². The summed E-state index contributed by atoms with van der Waals surface area (Å²) in [4.78, 5) is 8.27. The first-order chi connectivity index (χ1) is 7.74. The highest BCUT2D eigenvalue weighted by molar-refractivity contribution is 9.10. The fourth-order valence-corrected chi connectivity index (χ4v) is 1.66. The van der Waals surface area contributed by atoms with Crippen molar-refractivity contribution in [2.24, 2.45) is 0 Å². The molecule has 3 nitrogen and oxygen atoms in total. The van der Waals surface area contributed by atoms with Crippen LogP contribution in [0.5, 0.6) is 0 Å². The third-order valence-corrected chi connectivity index (χ3v) is 2.92. The van der Waals surface area contributed by atoms with Crippen LogP contribution in [-0.2, 0) is 6.54 Å². The molecule has 0 amide bonds. The van der Waals surface area contributed by atoms with Gasteiger partial charge in [0.25, 0.3) is 0 Å². The third-order valence-electron chi connectivity index (χ3n) is 1.98. The van der Waals surface area contributed by atoms with Crippen LogP contribution in [-0.4, -0.2) is 9.97 Å². The molecule has 2 aromatic rings. The van der Waals surface area contributed by atoms with Gasteiger partial charge in [-0.3, -0.25) is 0 Å². The summed E-state index contributed by atoms with van der Waals surface area (Å²) in [6.45, 7) is 0.717. The molecule has 2 rings (SSSR count). The van der Waals surface area contributed by atoms with E-state index >= 15 is 0 Å². The van der Waals surface area contributed by atoms with Gasteiger partial charge in [0, 0.05) is 23.4 Å². The average Bonchev–Trinajstić information content (AvgIpc) is 2.30. The molecule has 0 radical (unpaired) electrons. The number of hydrogen-bond donors (Lipinski definition) is 1. The predicted octanol–water partition coefficient (Wildman–Crippen LogP) is 3.61. The standard InChI is InChI=1S/C11H9Br2N3/c12-9-3-1-8(2-4-9)5-14-11-15-6-10(13)7-16-11/h1-4,6-7H,5H2,(H,14,15,16). The minimum absolute atomic E-state index is 0.631. The number of anilines is 1. The van der Waals surface area contributed by atoms with E-state index < -0.39 is 0 Å². The summed E-state index contributed by atoms with van der Waals surface area (Å²) in [5, 5.41) is 3.15. The second kappa shape index (κ2) is 5.41. The van der Waals surface area contributed by atoms with Gasteiger partial charge in [-0.2, -0.15) is 0 Å². The van der Waals surface area contributed by atoms with Crippen LogP contribution >= 0.6 is 31.9 Å². The Kier molecular flexibility index (Phi) is 3.90. The van der Waals surface area contributed by atoms with E-state index in [4.69, 9.17) is 0 Å². The van der Waals surface area contributed by atoms with Crippen molar-refractivity contribution >= 4 is 37.8 Å². The van der Waals surface area contributed by atoms with E-state index in [0.717, 1.165) is 15.5 Å². The largest absolute Gasteiger partial charge is 0.350 e. The van der Waals surface area contributed by atoms with E-state index in [0.29, 0.717) is 5.95 Å². The Morgan fingerprint density at radius 1 is 0.938 bits per heavy atom. The number of aromatic nitrogens is 2. The predicted molar refractivity (Wildman–Crippen MR) is 71.2 cm³/mol. The lowest BCUT2D eigenvalue weighted by atomic mass is 10.2. The fourth-order valence-electron chi connectivity index (χ4n) is 1.19. The first-order valence-corrected chi connectivity index (χ1v) is 6.28. The van der Waals surface area contributed by atoms with Crippen LogP contribution in [0, 0.1) is 0 Å². The molecule has 1 aromatic heterocycles. The quantitative estimate of drug-likeness (QED) is 0.925. The van der Waals surface area contributed by atoms with E-state index in [1.165, 1.54) is 5.56 Å². The maximum absolute atomic E-state index is 4.13. The Balaban J connectivity index is 1.97. The molecule has 82 valence electrons. The van der Waals surface area contributed by atoms with Crippen molar-refractivity contribution in [3.63, 3.8) is 0 Å². The Labute approximate surface area is 111 Å². The van der Waals surface area contributed by atoms with Crippen molar-refractivity contribution < 1.29 is 0 Å². The number of halogens is 2. The summed E-state index contributed by atoms with van der Waals surface area (Å²) in [7, 11) is 0. The highest BCUT2D eigenvalue weighted by atomic mass is 79.9. The van der Waals surface area contributed by atoms with Gasteiger partial charge in [-0.1, -0.05) is 28.1 Å². The van der Waals surface area contributed by atoms with Crippen LogP contribution in [0.4, 0.5) is 5.95 Å². The molecule has 16 heavy (non-hydrogen) atoms. The maximum Gasteiger partial charge on any atom is 0.222 e. The van der Waals surface area contributed by atoms with Crippen LogP contribution in [0.2, 0.25) is 0 Å². The number of nitrogens with one attached hydrogen (secondary N) is 1. The minimum atomic E-state index is 0.631. The van der Waals surface area contributed by atoms with Crippen molar-refractivity contribution in [3.8, 4) is 0 Å². The van der Waals surface area contributed by atoms with Crippen molar-refractivity contribution in [3.05, 3.63) is 51.2 Å². The van der Waals surface area contributed by atoms with E-state index in [9.17, 15) is 0 Å². The molecule has 1 heterocycles. The number of rotatable bonds is 3. The molecular weight excluding hydrogens is 334 g/mol. The van der Waals surface area contributed by atoms with E-state index in [1.807, 2.05) is 12.1 Å². The molecule has 0 spiro atoms. The summed E-state index contributed by atoms with van der Waals surface area (Å²) in [6, 6.07) is 8.13. The molecule has 0 aliphatic rings. The van der Waals surface area contributed by atoms with Gasteiger partial charge in [0.05, 0.1) is 4.47 Å². The van der Waals surface area contributed by atoms with E-state index in [2.05, 4.69) is 59.3 Å². The summed E-state index contributed by atoms with van der Waals surface area (Å²) in [6.07, 6.45) is 3.44. The first-order valence-electron chi connectivity index (χ1n) is 4.70.